The SMILES string of the molecule is COC(=O)C(C)N[P@](=O)(OC[C@@]1(C#N)O[C@@H](c2ccc3c(/N=C/N(C)C)ncnn23)[C@H](OC(=O)C(C)C)[C@@H]1OC(=O)C(C)C)Oc1ccccc1. The summed E-state index contributed by atoms with van der Waals surface area (Å²) < 4.78 is 50.3. The number of carbonyl (C=O) groups is 3. The fraction of sp³-hybridized carbons (Fsp3) is 0.485. The van der Waals surface area contributed by atoms with Crippen LogP contribution in [-0.4, -0.2) is 95.4 Å². The fourth-order valence-corrected chi connectivity index (χ4v) is 6.37. The summed E-state index contributed by atoms with van der Waals surface area (Å²) in [4.78, 5) is 49.0. The van der Waals surface area contributed by atoms with Crippen molar-refractivity contribution in [1.29, 1.82) is 5.26 Å². The van der Waals surface area contributed by atoms with Gasteiger partial charge in [-0.15, -0.1) is 0 Å². The highest BCUT2D eigenvalue weighted by molar-refractivity contribution is 7.52. The Morgan fingerprint density at radius 2 is 1.75 bits per heavy atom. The van der Waals surface area contributed by atoms with Gasteiger partial charge in [-0.3, -0.25) is 18.9 Å². The largest absolute Gasteiger partial charge is 0.468 e. The van der Waals surface area contributed by atoms with Crippen molar-refractivity contribution in [2.45, 2.75) is 64.6 Å². The average molecular weight is 728 g/mol. The number of para-hydroxylation sites is 1. The normalized spacial score (nSPS) is 22.0. The van der Waals surface area contributed by atoms with Gasteiger partial charge in [-0.05, 0) is 31.2 Å². The number of rotatable bonds is 15. The van der Waals surface area contributed by atoms with Crippen molar-refractivity contribution in [3.63, 3.8) is 0 Å². The standard InChI is InChI=1S/C33H42N7O10P/c1-20(2)30(41)47-27-26(24-14-15-25-29(36-19-39(6)7)35-18-37-40(24)25)49-33(16-34,28(27)48-31(42)21(3)4)17-46-51(44,38-22(5)32(43)45-8)50-23-12-10-9-11-13-23/h9-15,18-22,26-28H,17H2,1-8H3,(H,38,44)/b36-19+/t22?,26-,27-,28-,33+,51-/m0/s1. The molecule has 0 saturated carbocycles. The minimum atomic E-state index is -4.53. The number of fused-ring (bicyclic) bond motifs is 1. The van der Waals surface area contributed by atoms with Crippen LogP contribution in [0.4, 0.5) is 5.82 Å². The van der Waals surface area contributed by atoms with E-state index in [4.69, 9.17) is 28.0 Å². The maximum absolute atomic E-state index is 14.3. The van der Waals surface area contributed by atoms with E-state index in [0.29, 0.717) is 17.0 Å². The Labute approximate surface area is 295 Å². The van der Waals surface area contributed by atoms with Crippen molar-refractivity contribution >= 4 is 43.3 Å². The first-order chi connectivity index (χ1) is 24.1. The Kier molecular flexibility index (Phi) is 12.5. The molecule has 4 rings (SSSR count). The molecule has 18 heteroatoms. The number of hydrogen-bond acceptors (Lipinski definition) is 14. The molecule has 1 saturated heterocycles. The van der Waals surface area contributed by atoms with Crippen molar-refractivity contribution < 1.29 is 46.9 Å². The predicted octanol–water partition coefficient (Wildman–Crippen LogP) is 3.77. The predicted molar refractivity (Wildman–Crippen MR) is 182 cm³/mol. The second-order valence-corrected chi connectivity index (χ2v) is 14.2. The molecule has 3 heterocycles. The lowest BCUT2D eigenvalue weighted by atomic mass is 9.95. The molecule has 1 aliphatic rings. The number of aromatic nitrogens is 3. The van der Waals surface area contributed by atoms with Gasteiger partial charge in [-0.1, -0.05) is 45.9 Å². The highest BCUT2D eigenvalue weighted by Gasteiger charge is 2.62. The van der Waals surface area contributed by atoms with Crippen molar-refractivity contribution in [2.75, 3.05) is 27.8 Å². The first-order valence-corrected chi connectivity index (χ1v) is 17.6. The monoisotopic (exact) mass is 727 g/mol. The third-order valence-electron chi connectivity index (χ3n) is 7.51. The zero-order chi connectivity index (χ0) is 37.5. The molecule has 6 atom stereocenters. The summed E-state index contributed by atoms with van der Waals surface area (Å²) in [6.07, 6.45) is -1.51. The fourth-order valence-electron chi connectivity index (χ4n) is 4.85. The summed E-state index contributed by atoms with van der Waals surface area (Å²) in [6, 6.07) is 12.1. The molecule has 0 amide bonds. The highest BCUT2D eigenvalue weighted by atomic mass is 31.2. The van der Waals surface area contributed by atoms with Crippen molar-refractivity contribution in [3.8, 4) is 11.8 Å². The van der Waals surface area contributed by atoms with Gasteiger partial charge in [0.2, 0.25) is 5.60 Å². The Bertz CT molecular complexity index is 1830. The van der Waals surface area contributed by atoms with Crippen LogP contribution in [0.2, 0.25) is 0 Å². The van der Waals surface area contributed by atoms with E-state index >= 15 is 0 Å². The summed E-state index contributed by atoms with van der Waals surface area (Å²) in [6.45, 7) is 6.92. The van der Waals surface area contributed by atoms with Gasteiger partial charge < -0.3 is 28.4 Å². The van der Waals surface area contributed by atoms with Crippen LogP contribution in [0.15, 0.2) is 53.8 Å². The number of nitrogens with zero attached hydrogens (tertiary/aromatic N) is 6. The van der Waals surface area contributed by atoms with Crippen LogP contribution in [0.3, 0.4) is 0 Å². The molecule has 0 spiro atoms. The summed E-state index contributed by atoms with van der Waals surface area (Å²) >= 11 is 0. The van der Waals surface area contributed by atoms with E-state index in [2.05, 4.69) is 20.2 Å². The summed E-state index contributed by atoms with van der Waals surface area (Å²) in [5, 5.41) is 17.7. The lowest BCUT2D eigenvalue weighted by Gasteiger charge is -2.31. The number of nitrogens with one attached hydrogen (secondary N) is 1. The van der Waals surface area contributed by atoms with Gasteiger partial charge in [-0.25, -0.2) is 19.1 Å². The Morgan fingerprint density at radius 1 is 1.08 bits per heavy atom. The molecule has 3 aromatic rings. The topological polar surface area (TPSA) is 205 Å². The van der Waals surface area contributed by atoms with Crippen LogP contribution in [0.5, 0.6) is 5.75 Å². The number of benzene rings is 1. The summed E-state index contributed by atoms with van der Waals surface area (Å²) in [5.74, 6) is -3.06. The summed E-state index contributed by atoms with van der Waals surface area (Å²) in [7, 11) is 0.211. The molecular formula is C33H42N7O10P. The average Bonchev–Trinajstić information content (AvgIpc) is 3.65. The minimum absolute atomic E-state index is 0.111. The molecule has 274 valence electrons. The van der Waals surface area contributed by atoms with Gasteiger partial charge in [0.05, 0.1) is 31.0 Å². The molecular weight excluding hydrogens is 685 g/mol. The molecule has 1 unspecified atom stereocenters. The number of nitriles is 1. The minimum Gasteiger partial charge on any atom is -0.468 e. The third-order valence-corrected chi connectivity index (χ3v) is 9.13. The number of hydrogen-bond donors (Lipinski definition) is 1. The smallest absolute Gasteiger partial charge is 0.459 e. The van der Waals surface area contributed by atoms with Gasteiger partial charge in [-0.2, -0.15) is 15.4 Å². The zero-order valence-electron chi connectivity index (χ0n) is 29.6. The van der Waals surface area contributed by atoms with Gasteiger partial charge in [0.15, 0.2) is 18.0 Å². The quantitative estimate of drug-likeness (QED) is 0.0778. The molecule has 1 fully saturated rings. The molecule has 1 aromatic carbocycles. The molecule has 0 bridgehead atoms. The van der Waals surface area contributed by atoms with E-state index < -0.39 is 74.1 Å². The van der Waals surface area contributed by atoms with E-state index in [-0.39, 0.29) is 5.75 Å². The lowest BCUT2D eigenvalue weighted by molar-refractivity contribution is -0.173. The van der Waals surface area contributed by atoms with Crippen molar-refractivity contribution in [3.05, 3.63) is 54.5 Å². The Balaban J connectivity index is 1.84. The number of ether oxygens (including phenoxy) is 4. The molecule has 0 radical (unpaired) electrons. The van der Waals surface area contributed by atoms with Gasteiger partial charge >= 0.3 is 25.7 Å². The first kappa shape index (κ1) is 38.9. The van der Waals surface area contributed by atoms with Gasteiger partial charge in [0.25, 0.3) is 0 Å². The number of esters is 3. The van der Waals surface area contributed by atoms with E-state index in [9.17, 15) is 24.2 Å². The second-order valence-electron chi connectivity index (χ2n) is 12.5. The second kappa shape index (κ2) is 16.4. The van der Waals surface area contributed by atoms with Crippen LogP contribution < -0.4 is 9.61 Å². The lowest BCUT2D eigenvalue weighted by Crippen LogP contribution is -2.50. The Hall–Kier alpha value is -4.88. The van der Waals surface area contributed by atoms with Crippen molar-refractivity contribution in [1.82, 2.24) is 24.6 Å². The van der Waals surface area contributed by atoms with Crippen LogP contribution in [-0.2, 0) is 42.4 Å². The zero-order valence-corrected chi connectivity index (χ0v) is 30.5. The van der Waals surface area contributed by atoms with Gasteiger partial charge in [0.1, 0.15) is 42.4 Å². The summed E-state index contributed by atoms with van der Waals surface area (Å²) in [5.41, 5.74) is -1.52. The van der Waals surface area contributed by atoms with Crippen LogP contribution in [0.25, 0.3) is 5.52 Å². The van der Waals surface area contributed by atoms with E-state index in [1.807, 2.05) is 6.07 Å². The number of carbonyl (C=O) groups excluding carboxylic acids is 3. The molecule has 51 heavy (non-hydrogen) atoms. The van der Waals surface area contributed by atoms with Crippen LogP contribution in [0, 0.1) is 23.2 Å². The molecule has 1 aliphatic heterocycles. The molecule has 2 aromatic heterocycles. The maximum atomic E-state index is 14.3. The maximum Gasteiger partial charge on any atom is 0.459 e. The van der Waals surface area contributed by atoms with E-state index in [1.54, 1.807) is 83.4 Å². The highest BCUT2D eigenvalue weighted by Crippen LogP contribution is 2.50. The molecule has 0 aliphatic carbocycles. The van der Waals surface area contributed by atoms with Crippen LogP contribution in [0.1, 0.15) is 46.4 Å². The number of methoxy groups -OCH3 is 1. The Morgan fingerprint density at radius 3 is 2.35 bits per heavy atom. The molecule has 17 nitrogen and oxygen atoms in total. The van der Waals surface area contributed by atoms with E-state index in [1.165, 1.54) is 29.9 Å². The van der Waals surface area contributed by atoms with Crippen molar-refractivity contribution in [2.24, 2.45) is 16.8 Å². The van der Waals surface area contributed by atoms with E-state index in [0.717, 1.165) is 7.11 Å². The van der Waals surface area contributed by atoms with Crippen LogP contribution >= 0.6 is 7.75 Å². The molecule has 1 N–H and O–H groups in total. The third kappa shape index (κ3) is 9.08. The van der Waals surface area contributed by atoms with Gasteiger partial charge in [0, 0.05) is 14.1 Å². The first-order valence-electron chi connectivity index (χ1n) is 16.0. The number of aliphatic imine (C=N–C) groups is 1.